The zero-order chi connectivity index (χ0) is 15.2. The number of hydrogen-bond donors (Lipinski definition) is 2. The number of anilines is 1. The lowest BCUT2D eigenvalue weighted by molar-refractivity contribution is 0.117. The summed E-state index contributed by atoms with van der Waals surface area (Å²) in [5.41, 5.74) is 1.90. The molecule has 0 bridgehead atoms. The van der Waals surface area contributed by atoms with Crippen molar-refractivity contribution in [3.8, 4) is 5.75 Å². The quantitative estimate of drug-likeness (QED) is 0.798. The fourth-order valence-electron chi connectivity index (χ4n) is 1.82. The molecule has 2 rings (SSSR count). The van der Waals surface area contributed by atoms with Crippen LogP contribution < -0.4 is 10.1 Å². The van der Waals surface area contributed by atoms with E-state index in [9.17, 15) is 5.11 Å². The molecule has 2 N–H and O–H groups in total. The van der Waals surface area contributed by atoms with Crippen LogP contribution in [-0.2, 0) is 0 Å². The minimum Gasteiger partial charge on any atom is -0.491 e. The Labute approximate surface area is 138 Å². The Bertz CT molecular complexity index is 607. The summed E-state index contributed by atoms with van der Waals surface area (Å²) < 4.78 is 6.49. The number of nitrogens with one attached hydrogen (secondary N) is 1. The maximum atomic E-state index is 9.96. The monoisotopic (exact) mass is 369 g/mol. The molecular weight excluding hydrogens is 354 g/mol. The lowest BCUT2D eigenvalue weighted by atomic mass is 10.2. The van der Waals surface area contributed by atoms with E-state index < -0.39 is 6.10 Å². The van der Waals surface area contributed by atoms with Crippen LogP contribution >= 0.6 is 27.5 Å². The molecule has 0 saturated heterocycles. The van der Waals surface area contributed by atoms with Crippen molar-refractivity contribution in [3.05, 3.63) is 57.5 Å². The van der Waals surface area contributed by atoms with Gasteiger partial charge in [-0.2, -0.15) is 0 Å². The molecule has 21 heavy (non-hydrogen) atoms. The summed E-state index contributed by atoms with van der Waals surface area (Å²) in [5, 5.41) is 13.7. The van der Waals surface area contributed by atoms with Gasteiger partial charge in [-0.1, -0.05) is 39.7 Å². The Hall–Kier alpha value is -1.23. The van der Waals surface area contributed by atoms with Gasteiger partial charge in [-0.05, 0) is 42.8 Å². The Kier molecular flexibility index (Phi) is 5.91. The van der Waals surface area contributed by atoms with Crippen molar-refractivity contribution in [2.75, 3.05) is 18.5 Å². The third-order valence-electron chi connectivity index (χ3n) is 2.89. The molecule has 3 nitrogen and oxygen atoms in total. The van der Waals surface area contributed by atoms with E-state index in [0.717, 1.165) is 21.5 Å². The van der Waals surface area contributed by atoms with Gasteiger partial charge in [0.1, 0.15) is 18.5 Å². The second-order valence-corrected chi connectivity index (χ2v) is 6.11. The SMILES string of the molecule is Cc1cccc(OCC(O)CNc2cc(Br)ccc2Cl)c1. The van der Waals surface area contributed by atoms with Crippen molar-refractivity contribution in [2.24, 2.45) is 0 Å². The number of ether oxygens (including phenoxy) is 1. The molecule has 0 aliphatic rings. The van der Waals surface area contributed by atoms with E-state index >= 15 is 0 Å². The average molecular weight is 371 g/mol. The summed E-state index contributed by atoms with van der Waals surface area (Å²) in [4.78, 5) is 0. The molecule has 112 valence electrons. The van der Waals surface area contributed by atoms with E-state index in [4.69, 9.17) is 16.3 Å². The number of aliphatic hydroxyl groups excluding tert-OH is 1. The number of halogens is 2. The van der Waals surface area contributed by atoms with Crippen LogP contribution in [0.5, 0.6) is 5.75 Å². The molecule has 0 fully saturated rings. The van der Waals surface area contributed by atoms with Crippen LogP contribution in [0, 0.1) is 6.92 Å². The molecule has 1 unspecified atom stereocenters. The van der Waals surface area contributed by atoms with Crippen molar-refractivity contribution >= 4 is 33.2 Å². The molecular formula is C16H17BrClNO2. The Balaban J connectivity index is 1.82. The van der Waals surface area contributed by atoms with Crippen molar-refractivity contribution in [3.63, 3.8) is 0 Å². The summed E-state index contributed by atoms with van der Waals surface area (Å²) in [6.45, 7) is 2.59. The number of aryl methyl sites for hydroxylation is 1. The second-order valence-electron chi connectivity index (χ2n) is 4.79. The summed E-state index contributed by atoms with van der Waals surface area (Å²) in [6.07, 6.45) is -0.624. The van der Waals surface area contributed by atoms with E-state index in [-0.39, 0.29) is 6.61 Å². The average Bonchev–Trinajstić information content (AvgIpc) is 2.46. The third kappa shape index (κ3) is 5.23. The van der Waals surface area contributed by atoms with Crippen LogP contribution in [0.15, 0.2) is 46.9 Å². The first-order valence-corrected chi connectivity index (χ1v) is 7.78. The molecule has 0 heterocycles. The normalized spacial score (nSPS) is 12.0. The number of aliphatic hydroxyl groups is 1. The van der Waals surface area contributed by atoms with Gasteiger partial charge in [-0.25, -0.2) is 0 Å². The zero-order valence-corrected chi connectivity index (χ0v) is 14.0. The molecule has 0 aromatic heterocycles. The minimum atomic E-state index is -0.624. The molecule has 2 aromatic carbocycles. The fraction of sp³-hybridized carbons (Fsp3) is 0.250. The van der Waals surface area contributed by atoms with Gasteiger partial charge in [0.15, 0.2) is 0 Å². The van der Waals surface area contributed by atoms with Gasteiger partial charge in [0.05, 0.1) is 10.7 Å². The minimum absolute atomic E-state index is 0.224. The summed E-state index contributed by atoms with van der Waals surface area (Å²) in [6, 6.07) is 13.3. The molecule has 0 aliphatic heterocycles. The Morgan fingerprint density at radius 1 is 1.29 bits per heavy atom. The first-order valence-electron chi connectivity index (χ1n) is 6.61. The van der Waals surface area contributed by atoms with Crippen LogP contribution in [0.1, 0.15) is 5.56 Å². The van der Waals surface area contributed by atoms with Crippen LogP contribution in [0.2, 0.25) is 5.02 Å². The number of hydrogen-bond acceptors (Lipinski definition) is 3. The van der Waals surface area contributed by atoms with Crippen molar-refractivity contribution in [1.82, 2.24) is 0 Å². The second kappa shape index (κ2) is 7.69. The standard InChI is InChI=1S/C16H17BrClNO2/c1-11-3-2-4-14(7-11)21-10-13(20)9-19-16-8-12(17)5-6-15(16)18/h2-8,13,19-20H,9-10H2,1H3. The lowest BCUT2D eigenvalue weighted by Crippen LogP contribution is -2.26. The van der Waals surface area contributed by atoms with Crippen LogP contribution in [0.4, 0.5) is 5.69 Å². The van der Waals surface area contributed by atoms with E-state index in [1.54, 1.807) is 6.07 Å². The Morgan fingerprint density at radius 2 is 2.10 bits per heavy atom. The summed E-state index contributed by atoms with van der Waals surface area (Å²) in [5.74, 6) is 0.759. The lowest BCUT2D eigenvalue weighted by Gasteiger charge is -2.15. The Morgan fingerprint density at radius 3 is 2.86 bits per heavy atom. The molecule has 0 radical (unpaired) electrons. The number of benzene rings is 2. The molecule has 0 amide bonds. The first-order chi connectivity index (χ1) is 10.0. The highest BCUT2D eigenvalue weighted by Crippen LogP contribution is 2.25. The highest BCUT2D eigenvalue weighted by atomic mass is 79.9. The van der Waals surface area contributed by atoms with Gasteiger partial charge in [0.25, 0.3) is 0 Å². The van der Waals surface area contributed by atoms with Crippen molar-refractivity contribution in [1.29, 1.82) is 0 Å². The first kappa shape index (κ1) is 16.1. The van der Waals surface area contributed by atoms with Gasteiger partial charge in [0, 0.05) is 11.0 Å². The largest absolute Gasteiger partial charge is 0.491 e. The predicted molar refractivity (Wildman–Crippen MR) is 90.3 cm³/mol. The van der Waals surface area contributed by atoms with Crippen LogP contribution in [-0.4, -0.2) is 24.4 Å². The van der Waals surface area contributed by atoms with E-state index in [1.165, 1.54) is 0 Å². The maximum Gasteiger partial charge on any atom is 0.119 e. The zero-order valence-electron chi connectivity index (χ0n) is 11.6. The van der Waals surface area contributed by atoms with E-state index in [2.05, 4.69) is 21.2 Å². The maximum absolute atomic E-state index is 9.96. The van der Waals surface area contributed by atoms with E-state index in [1.807, 2.05) is 43.3 Å². The molecule has 5 heteroatoms. The van der Waals surface area contributed by atoms with Crippen LogP contribution in [0.25, 0.3) is 0 Å². The molecule has 2 aromatic rings. The van der Waals surface area contributed by atoms with Gasteiger partial charge in [-0.15, -0.1) is 0 Å². The van der Waals surface area contributed by atoms with Gasteiger partial charge in [-0.3, -0.25) is 0 Å². The van der Waals surface area contributed by atoms with Gasteiger partial charge < -0.3 is 15.2 Å². The molecule has 0 saturated carbocycles. The van der Waals surface area contributed by atoms with Crippen molar-refractivity contribution in [2.45, 2.75) is 13.0 Å². The molecule has 0 aliphatic carbocycles. The fourth-order valence-corrected chi connectivity index (χ4v) is 2.36. The smallest absolute Gasteiger partial charge is 0.119 e. The van der Waals surface area contributed by atoms with Gasteiger partial charge in [0.2, 0.25) is 0 Å². The van der Waals surface area contributed by atoms with Crippen LogP contribution in [0.3, 0.4) is 0 Å². The summed E-state index contributed by atoms with van der Waals surface area (Å²) >= 11 is 9.46. The van der Waals surface area contributed by atoms with Gasteiger partial charge >= 0.3 is 0 Å². The molecule has 1 atom stereocenters. The highest BCUT2D eigenvalue weighted by Gasteiger charge is 2.07. The topological polar surface area (TPSA) is 41.5 Å². The third-order valence-corrected chi connectivity index (χ3v) is 3.71. The molecule has 0 spiro atoms. The van der Waals surface area contributed by atoms with E-state index in [0.29, 0.717) is 11.6 Å². The number of rotatable bonds is 6. The highest BCUT2D eigenvalue weighted by molar-refractivity contribution is 9.10. The predicted octanol–water partition coefficient (Wildman–Crippen LogP) is 4.26. The van der Waals surface area contributed by atoms with Crippen molar-refractivity contribution < 1.29 is 9.84 Å². The summed E-state index contributed by atoms with van der Waals surface area (Å²) in [7, 11) is 0.